The molecule has 1 aliphatic heterocycles. The first-order chi connectivity index (χ1) is 14.3. The Morgan fingerprint density at radius 1 is 1.28 bits per heavy atom. The molecule has 29 heavy (non-hydrogen) atoms. The van der Waals surface area contributed by atoms with Gasteiger partial charge in [-0.15, -0.1) is 0 Å². The molecule has 1 saturated heterocycles. The largest absolute Gasteiger partial charge is 0.396 e. The van der Waals surface area contributed by atoms with E-state index >= 15 is 0 Å². The van der Waals surface area contributed by atoms with Gasteiger partial charge in [-0.1, -0.05) is 30.0 Å². The average molecular weight is 413 g/mol. The highest BCUT2D eigenvalue weighted by molar-refractivity contribution is 7.99. The maximum Gasteiger partial charge on any atom is 0.191 e. The number of morpholine rings is 1. The maximum atomic E-state index is 9.03. The summed E-state index contributed by atoms with van der Waals surface area (Å²) < 4.78 is 5.44. The van der Waals surface area contributed by atoms with Crippen molar-refractivity contribution in [2.75, 3.05) is 49.0 Å². The van der Waals surface area contributed by atoms with Crippen molar-refractivity contribution in [2.24, 2.45) is 5.10 Å². The number of aliphatic hydroxyl groups is 1. The third-order valence-corrected chi connectivity index (χ3v) is 5.50. The minimum atomic E-state index is 0.163. The highest BCUT2D eigenvalue weighted by Gasteiger charge is 2.15. The van der Waals surface area contributed by atoms with Crippen molar-refractivity contribution in [3.63, 3.8) is 0 Å². The third kappa shape index (κ3) is 5.06. The predicted molar refractivity (Wildman–Crippen MR) is 117 cm³/mol. The number of ether oxygens (including phenoxy) is 1. The van der Waals surface area contributed by atoms with Crippen LogP contribution in [0.15, 0.2) is 46.8 Å². The fourth-order valence-electron chi connectivity index (χ4n) is 3.09. The SMILES string of the molecule is OCCCSc1nc(N/N=C/c2c[nH]c3ccccc23)cc(N2CCOCC2)n1. The number of benzene rings is 1. The van der Waals surface area contributed by atoms with Crippen molar-refractivity contribution in [1.82, 2.24) is 15.0 Å². The van der Waals surface area contributed by atoms with E-state index in [4.69, 9.17) is 9.84 Å². The van der Waals surface area contributed by atoms with Crippen LogP contribution in [-0.4, -0.2) is 64.9 Å². The number of thioether (sulfide) groups is 1. The van der Waals surface area contributed by atoms with E-state index in [1.165, 1.54) is 11.8 Å². The minimum absolute atomic E-state index is 0.163. The Morgan fingerprint density at radius 2 is 2.14 bits per heavy atom. The Kier molecular flexibility index (Phi) is 6.60. The van der Waals surface area contributed by atoms with Crippen LogP contribution in [-0.2, 0) is 4.74 Å². The van der Waals surface area contributed by atoms with E-state index in [1.807, 2.05) is 30.5 Å². The number of anilines is 2. The molecule has 4 rings (SSSR count). The van der Waals surface area contributed by atoms with Gasteiger partial charge in [-0.05, 0) is 12.5 Å². The van der Waals surface area contributed by atoms with Gasteiger partial charge in [-0.2, -0.15) is 5.10 Å². The average Bonchev–Trinajstić information content (AvgIpc) is 3.18. The Labute approximate surface area is 173 Å². The van der Waals surface area contributed by atoms with Crippen LogP contribution in [0.5, 0.6) is 0 Å². The van der Waals surface area contributed by atoms with E-state index in [0.29, 0.717) is 30.6 Å². The Hall–Kier alpha value is -2.62. The summed E-state index contributed by atoms with van der Waals surface area (Å²) in [5.41, 5.74) is 5.13. The van der Waals surface area contributed by atoms with Gasteiger partial charge in [0.15, 0.2) is 11.0 Å². The predicted octanol–water partition coefficient (Wildman–Crippen LogP) is 2.72. The fraction of sp³-hybridized carbons (Fsp3) is 0.350. The van der Waals surface area contributed by atoms with Crippen molar-refractivity contribution in [2.45, 2.75) is 11.6 Å². The molecule has 0 bridgehead atoms. The molecule has 9 heteroatoms. The summed E-state index contributed by atoms with van der Waals surface area (Å²) in [6.07, 6.45) is 4.43. The van der Waals surface area contributed by atoms with E-state index in [0.717, 1.165) is 41.1 Å². The molecule has 1 aliphatic rings. The second-order valence-corrected chi connectivity index (χ2v) is 7.64. The number of hydrazone groups is 1. The lowest BCUT2D eigenvalue weighted by atomic mass is 10.2. The zero-order chi connectivity index (χ0) is 19.9. The summed E-state index contributed by atoms with van der Waals surface area (Å²) in [7, 11) is 0. The smallest absolute Gasteiger partial charge is 0.191 e. The molecule has 152 valence electrons. The minimum Gasteiger partial charge on any atom is -0.396 e. The van der Waals surface area contributed by atoms with E-state index in [-0.39, 0.29) is 6.61 Å². The number of H-pyrrole nitrogens is 1. The number of para-hydroxylation sites is 1. The van der Waals surface area contributed by atoms with Crippen molar-refractivity contribution in [3.8, 4) is 0 Å². The first-order valence-corrected chi connectivity index (χ1v) is 10.6. The highest BCUT2D eigenvalue weighted by Crippen LogP contribution is 2.23. The number of aromatic nitrogens is 3. The zero-order valence-electron chi connectivity index (χ0n) is 16.0. The number of nitrogens with one attached hydrogen (secondary N) is 2. The number of hydrogen-bond acceptors (Lipinski definition) is 8. The second kappa shape index (κ2) is 9.73. The summed E-state index contributed by atoms with van der Waals surface area (Å²) in [4.78, 5) is 14.7. The van der Waals surface area contributed by atoms with Crippen LogP contribution < -0.4 is 10.3 Å². The second-order valence-electron chi connectivity index (χ2n) is 6.58. The number of hydrogen-bond donors (Lipinski definition) is 3. The normalized spacial score (nSPS) is 14.7. The summed E-state index contributed by atoms with van der Waals surface area (Å²) in [5, 5.41) is 15.2. The van der Waals surface area contributed by atoms with Gasteiger partial charge in [0.2, 0.25) is 0 Å². The molecule has 0 atom stereocenters. The lowest BCUT2D eigenvalue weighted by Gasteiger charge is -2.28. The molecule has 0 saturated carbocycles. The quantitative estimate of drug-likeness (QED) is 0.172. The molecular weight excluding hydrogens is 388 g/mol. The lowest BCUT2D eigenvalue weighted by Crippen LogP contribution is -2.36. The molecule has 1 aromatic carbocycles. The highest BCUT2D eigenvalue weighted by atomic mass is 32.2. The topological polar surface area (TPSA) is 98.7 Å². The number of rotatable bonds is 8. The van der Waals surface area contributed by atoms with E-state index < -0.39 is 0 Å². The Balaban J connectivity index is 1.52. The van der Waals surface area contributed by atoms with Crippen molar-refractivity contribution in [1.29, 1.82) is 0 Å². The molecule has 1 fully saturated rings. The maximum absolute atomic E-state index is 9.03. The third-order valence-electron chi connectivity index (χ3n) is 4.56. The van der Waals surface area contributed by atoms with Crippen molar-refractivity contribution < 1.29 is 9.84 Å². The molecule has 3 aromatic rings. The summed E-state index contributed by atoms with van der Waals surface area (Å²) in [6.45, 7) is 3.15. The number of aromatic amines is 1. The van der Waals surface area contributed by atoms with Gasteiger partial charge < -0.3 is 19.7 Å². The number of aliphatic hydroxyl groups excluding tert-OH is 1. The van der Waals surface area contributed by atoms with E-state index in [2.05, 4.69) is 36.4 Å². The molecule has 0 unspecified atom stereocenters. The Bertz CT molecular complexity index is 971. The van der Waals surface area contributed by atoms with Gasteiger partial charge in [-0.25, -0.2) is 9.97 Å². The van der Waals surface area contributed by atoms with Crippen LogP contribution in [0.2, 0.25) is 0 Å². The Morgan fingerprint density at radius 3 is 3.00 bits per heavy atom. The standard InChI is InChI=1S/C20H24N6O2S/c27-8-3-11-29-20-23-18(12-19(24-20)26-6-9-28-10-7-26)25-22-14-15-13-21-17-5-2-1-4-16(15)17/h1-2,4-5,12-14,21,27H,3,6-11H2,(H,23,24,25)/b22-14+. The molecule has 3 N–H and O–H groups in total. The van der Waals surface area contributed by atoms with Crippen LogP contribution in [0.4, 0.5) is 11.6 Å². The van der Waals surface area contributed by atoms with Gasteiger partial charge >= 0.3 is 0 Å². The van der Waals surface area contributed by atoms with Gasteiger partial charge in [0.1, 0.15) is 5.82 Å². The van der Waals surface area contributed by atoms with E-state index in [1.54, 1.807) is 6.21 Å². The molecule has 2 aromatic heterocycles. The fourth-order valence-corrected chi connectivity index (χ4v) is 3.86. The van der Waals surface area contributed by atoms with Crippen LogP contribution in [0.1, 0.15) is 12.0 Å². The molecule has 0 radical (unpaired) electrons. The molecular formula is C20H24N6O2S. The molecule has 0 amide bonds. The van der Waals surface area contributed by atoms with Crippen LogP contribution in [0, 0.1) is 0 Å². The molecule has 0 spiro atoms. The number of fused-ring (bicyclic) bond motifs is 1. The molecule has 0 aliphatic carbocycles. The molecule has 3 heterocycles. The number of nitrogens with zero attached hydrogens (tertiary/aromatic N) is 4. The lowest BCUT2D eigenvalue weighted by molar-refractivity contribution is 0.122. The van der Waals surface area contributed by atoms with Gasteiger partial charge in [0.05, 0.1) is 19.4 Å². The zero-order valence-corrected chi connectivity index (χ0v) is 16.9. The summed E-state index contributed by atoms with van der Waals surface area (Å²) in [6, 6.07) is 10.0. The van der Waals surface area contributed by atoms with E-state index in [9.17, 15) is 0 Å². The molecule has 8 nitrogen and oxygen atoms in total. The van der Waals surface area contributed by atoms with Crippen molar-refractivity contribution >= 4 is 40.5 Å². The van der Waals surface area contributed by atoms with Gasteiger partial charge in [0.25, 0.3) is 0 Å². The first-order valence-electron chi connectivity index (χ1n) is 9.64. The van der Waals surface area contributed by atoms with Crippen LogP contribution >= 0.6 is 11.8 Å². The van der Waals surface area contributed by atoms with Crippen molar-refractivity contribution in [3.05, 3.63) is 42.1 Å². The van der Waals surface area contributed by atoms with Gasteiger partial charge in [0, 0.05) is 54.2 Å². The monoisotopic (exact) mass is 412 g/mol. The van der Waals surface area contributed by atoms with Crippen LogP contribution in [0.3, 0.4) is 0 Å². The summed E-state index contributed by atoms with van der Waals surface area (Å²) >= 11 is 1.53. The van der Waals surface area contributed by atoms with Gasteiger partial charge in [-0.3, -0.25) is 5.43 Å². The first kappa shape index (κ1) is 19.7. The summed E-state index contributed by atoms with van der Waals surface area (Å²) in [5.74, 6) is 2.27. The van der Waals surface area contributed by atoms with Crippen LogP contribution in [0.25, 0.3) is 10.9 Å².